The number of hydrogen-bond acceptors (Lipinski definition) is 8. The van der Waals surface area contributed by atoms with Gasteiger partial charge in [0.1, 0.15) is 11.1 Å². The molecule has 0 radical (unpaired) electrons. The monoisotopic (exact) mass is 818 g/mol. The molecule has 0 unspecified atom stereocenters. The van der Waals surface area contributed by atoms with Crippen molar-refractivity contribution in [2.24, 2.45) is 11.8 Å². The van der Waals surface area contributed by atoms with Crippen LogP contribution >= 0.6 is 0 Å². The van der Waals surface area contributed by atoms with E-state index < -0.39 is 39.1 Å². The average Bonchev–Trinajstić information content (AvgIpc) is 4.15. The largest absolute Gasteiger partial charge is 0.387 e. The minimum absolute atomic E-state index is 0.0869. The van der Waals surface area contributed by atoms with Crippen LogP contribution in [0.1, 0.15) is 117 Å². The highest BCUT2D eigenvalue weighted by atomic mass is 16.3. The standard InChI is InChI=1S/C25H33N3O3.C23H29N3O3/c1-3-28-21(29)24(26-22(28)30)8-9-25(31)20-13-18-7-4-16(2)12-19(18)23(25,15-24)10-11-27(20)14-17-5-6-17;1-14-2-5-16-11-18-23(29)7-6-22(19(27)24-20(28)25-22)13-21(23,17(16)10-14)8-9-26(18)12-15-3-4-15/h4,7,12,17,20,31H,3,5-6,8-11,13-15H2,1-2H3,(H,26,30);2,5,10,15,18,29H,3-4,6-9,11-13H2,1H3,(H2,24,25,27,28)/t20-,23-,24+,25-;18-,21-,22+,23-/m11/s1. The molecule has 10 aliphatic rings. The lowest BCUT2D eigenvalue weighted by atomic mass is 9.46. The summed E-state index contributed by atoms with van der Waals surface area (Å²) in [7, 11) is 0. The molecule has 8 atom stereocenters. The minimum atomic E-state index is -0.898. The number of carbonyl (C=O) groups excluding carboxylic acids is 4. The number of amides is 6. The van der Waals surface area contributed by atoms with Crippen molar-refractivity contribution < 1.29 is 29.4 Å². The number of aryl methyl sites for hydroxylation is 2. The van der Waals surface area contributed by atoms with Crippen LogP contribution < -0.4 is 16.0 Å². The van der Waals surface area contributed by atoms with Gasteiger partial charge >= 0.3 is 12.1 Å². The smallest absolute Gasteiger partial charge is 0.325 e. The summed E-state index contributed by atoms with van der Waals surface area (Å²) in [5.41, 5.74) is 2.89. The molecule has 12 rings (SSSR count). The van der Waals surface area contributed by atoms with Crippen molar-refractivity contribution in [2.45, 2.75) is 156 Å². The van der Waals surface area contributed by atoms with Gasteiger partial charge in [0.15, 0.2) is 0 Å². The van der Waals surface area contributed by atoms with Crippen molar-refractivity contribution in [3.05, 3.63) is 69.8 Å². The number of piperidine rings is 2. The number of nitrogens with zero attached hydrogens (tertiary/aromatic N) is 3. The fraction of sp³-hybridized carbons (Fsp3) is 0.667. The van der Waals surface area contributed by atoms with Crippen molar-refractivity contribution >= 4 is 23.9 Å². The van der Waals surface area contributed by atoms with E-state index >= 15 is 0 Å². The quantitative estimate of drug-likeness (QED) is 0.281. The van der Waals surface area contributed by atoms with Gasteiger partial charge in [-0.15, -0.1) is 0 Å². The number of likely N-dealkylation sites (N-methyl/N-ethyl adjacent to an activating group) is 1. The van der Waals surface area contributed by atoms with Crippen molar-refractivity contribution in [3.63, 3.8) is 0 Å². The van der Waals surface area contributed by atoms with Crippen molar-refractivity contribution in [3.8, 4) is 0 Å². The Labute approximate surface area is 353 Å². The molecule has 4 heterocycles. The number of likely N-dealkylation sites (tertiary alicyclic amines) is 2. The highest BCUT2D eigenvalue weighted by molar-refractivity contribution is 6.08. The van der Waals surface area contributed by atoms with Gasteiger partial charge in [0, 0.05) is 42.5 Å². The normalized spacial score (nSPS) is 40.2. The number of urea groups is 2. The third-order valence-electron chi connectivity index (χ3n) is 17.7. The fourth-order valence-corrected chi connectivity index (χ4v) is 14.3. The second kappa shape index (κ2) is 13.1. The SMILES string of the molecule is CCN1C(=O)N[C@]2(CC[C@@]3(O)[C@H]4Cc5ccc(C)cc5[C@@]3(CCN4CC3CC3)C2)C1=O.Cc1ccc2c(c1)[C@]13CCN(CC4CC4)[C@H](C2)[C@]1(O)CC[C@@]1(C3)NC(=O)NC1=O. The van der Waals surface area contributed by atoms with Gasteiger partial charge in [-0.05, 0) is 158 Å². The van der Waals surface area contributed by atoms with E-state index in [0.717, 1.165) is 63.7 Å². The molecule has 60 heavy (non-hydrogen) atoms. The Morgan fingerprint density at radius 3 is 1.62 bits per heavy atom. The number of benzene rings is 2. The van der Waals surface area contributed by atoms with Gasteiger partial charge in [-0.2, -0.15) is 0 Å². The van der Waals surface area contributed by atoms with Crippen molar-refractivity contribution in [1.82, 2.24) is 30.7 Å². The summed E-state index contributed by atoms with van der Waals surface area (Å²) in [5.74, 6) is 1.23. The Balaban J connectivity index is 0.000000136. The number of fused-ring (bicyclic) bond motifs is 2. The Bertz CT molecular complexity index is 2210. The summed E-state index contributed by atoms with van der Waals surface area (Å²) >= 11 is 0. The van der Waals surface area contributed by atoms with Crippen LogP contribution in [0.3, 0.4) is 0 Å². The zero-order valence-corrected chi connectivity index (χ0v) is 35.6. The van der Waals surface area contributed by atoms with Gasteiger partial charge in [-0.1, -0.05) is 47.5 Å². The first-order valence-corrected chi connectivity index (χ1v) is 23.1. The van der Waals surface area contributed by atoms with Gasteiger partial charge in [-0.3, -0.25) is 29.6 Å². The highest BCUT2D eigenvalue weighted by Gasteiger charge is 2.71. The van der Waals surface area contributed by atoms with E-state index in [0.29, 0.717) is 45.1 Å². The number of nitrogens with one attached hydrogen (secondary N) is 3. The Morgan fingerprint density at radius 1 is 0.667 bits per heavy atom. The van der Waals surface area contributed by atoms with Gasteiger partial charge in [0.2, 0.25) is 0 Å². The van der Waals surface area contributed by atoms with Crippen LogP contribution in [0.15, 0.2) is 36.4 Å². The Kier molecular flexibility index (Phi) is 8.52. The minimum Gasteiger partial charge on any atom is -0.387 e. The molecular weight excluding hydrogens is 757 g/mol. The van der Waals surface area contributed by atoms with E-state index in [1.54, 1.807) is 0 Å². The molecule has 4 bridgehead atoms. The summed E-state index contributed by atoms with van der Waals surface area (Å²) < 4.78 is 0. The molecule has 2 aromatic carbocycles. The predicted octanol–water partition coefficient (Wildman–Crippen LogP) is 4.27. The third kappa shape index (κ3) is 5.41. The van der Waals surface area contributed by atoms with Crippen LogP contribution in [-0.4, -0.2) is 116 Å². The molecule has 8 fully saturated rings. The topological polar surface area (TPSA) is 155 Å². The highest BCUT2D eigenvalue weighted by Crippen LogP contribution is 2.63. The van der Waals surface area contributed by atoms with E-state index in [-0.39, 0.29) is 29.9 Å². The molecule has 4 saturated heterocycles. The lowest BCUT2D eigenvalue weighted by Gasteiger charge is -2.66. The Hall–Kier alpha value is -3.84. The molecule has 12 nitrogen and oxygen atoms in total. The zero-order valence-electron chi connectivity index (χ0n) is 35.6. The number of imide groups is 2. The molecule has 6 aliphatic carbocycles. The first kappa shape index (κ1) is 39.0. The number of aliphatic hydroxyl groups is 2. The van der Waals surface area contributed by atoms with Crippen LogP contribution in [0, 0.1) is 25.7 Å². The van der Waals surface area contributed by atoms with E-state index in [1.165, 1.54) is 64.0 Å². The summed E-state index contributed by atoms with van der Waals surface area (Å²) in [6.07, 6.45) is 11.7. The van der Waals surface area contributed by atoms with Crippen molar-refractivity contribution in [1.29, 1.82) is 0 Å². The molecule has 0 aromatic heterocycles. The van der Waals surface area contributed by atoms with Crippen molar-refractivity contribution in [2.75, 3.05) is 32.7 Å². The number of carbonyl (C=O) groups is 4. The molecule has 2 spiro atoms. The molecular formula is C48H62N6O6. The van der Waals surface area contributed by atoms with Crippen LogP contribution in [0.4, 0.5) is 9.59 Å². The molecule has 12 heteroatoms. The maximum Gasteiger partial charge on any atom is 0.325 e. The maximum atomic E-state index is 13.4. The Morgan fingerprint density at radius 2 is 1.17 bits per heavy atom. The third-order valence-corrected chi connectivity index (χ3v) is 17.7. The van der Waals surface area contributed by atoms with Gasteiger partial charge in [-0.25, -0.2) is 9.59 Å². The predicted molar refractivity (Wildman–Crippen MR) is 224 cm³/mol. The molecule has 4 aliphatic heterocycles. The first-order valence-electron chi connectivity index (χ1n) is 23.1. The number of hydrogen-bond donors (Lipinski definition) is 5. The van der Waals surface area contributed by atoms with E-state index in [4.69, 9.17) is 0 Å². The second-order valence-electron chi connectivity index (χ2n) is 21.1. The van der Waals surface area contributed by atoms with Crippen LogP contribution in [-0.2, 0) is 33.3 Å². The second-order valence-corrected chi connectivity index (χ2v) is 21.1. The van der Waals surface area contributed by atoms with Crippen LogP contribution in [0.2, 0.25) is 0 Å². The van der Waals surface area contributed by atoms with Gasteiger partial charge in [0.25, 0.3) is 11.8 Å². The summed E-state index contributed by atoms with van der Waals surface area (Å²) in [5, 5.41) is 33.2. The van der Waals surface area contributed by atoms with Crippen LogP contribution in [0.5, 0.6) is 0 Å². The summed E-state index contributed by atoms with van der Waals surface area (Å²) in [6, 6.07) is 12.7. The summed E-state index contributed by atoms with van der Waals surface area (Å²) in [6.45, 7) is 10.5. The maximum absolute atomic E-state index is 13.4. The molecule has 320 valence electrons. The molecule has 5 N–H and O–H groups in total. The lowest BCUT2D eigenvalue weighted by molar-refractivity contribution is -0.181. The fourth-order valence-electron chi connectivity index (χ4n) is 14.3. The van der Waals surface area contributed by atoms with E-state index in [1.807, 2.05) is 6.92 Å². The molecule has 6 amide bonds. The summed E-state index contributed by atoms with van der Waals surface area (Å²) in [4.78, 5) is 57.2. The van der Waals surface area contributed by atoms with E-state index in [2.05, 4.69) is 76.0 Å². The van der Waals surface area contributed by atoms with Crippen LogP contribution in [0.25, 0.3) is 0 Å². The molecule has 4 saturated carbocycles. The average molecular weight is 819 g/mol. The zero-order chi connectivity index (χ0) is 41.6. The number of rotatable bonds is 5. The first-order chi connectivity index (χ1) is 28.7. The van der Waals surface area contributed by atoms with Gasteiger partial charge < -0.3 is 20.8 Å². The van der Waals surface area contributed by atoms with E-state index in [9.17, 15) is 29.4 Å². The molecule has 2 aromatic rings. The van der Waals surface area contributed by atoms with Gasteiger partial charge in [0.05, 0.1) is 11.2 Å². The lowest BCUT2D eigenvalue weighted by Crippen LogP contribution is -2.76.